The van der Waals surface area contributed by atoms with E-state index >= 15 is 0 Å². The van der Waals surface area contributed by atoms with Crippen LogP contribution in [0.15, 0.2) is 0 Å². The van der Waals surface area contributed by atoms with Crippen LogP contribution in [-0.2, 0) is 0 Å². The lowest BCUT2D eigenvalue weighted by Gasteiger charge is -2.07. The molecule has 0 aromatic rings. The molecule has 0 bridgehead atoms. The first-order valence-corrected chi connectivity index (χ1v) is 4.86. The second-order valence-electron chi connectivity index (χ2n) is 4.34. The summed E-state index contributed by atoms with van der Waals surface area (Å²) < 4.78 is 0. The van der Waals surface area contributed by atoms with Gasteiger partial charge in [0.05, 0.1) is 0 Å². The maximum atomic E-state index is 2.44. The lowest BCUT2D eigenvalue weighted by Crippen LogP contribution is -1.96. The molecule has 0 spiro atoms. The molecular formula is C10H18. The van der Waals surface area contributed by atoms with E-state index in [0.29, 0.717) is 0 Å². The molecule has 2 aliphatic rings. The van der Waals surface area contributed by atoms with Gasteiger partial charge < -0.3 is 0 Å². The Hall–Kier alpha value is 0. The van der Waals surface area contributed by atoms with Crippen LogP contribution in [0.4, 0.5) is 0 Å². The maximum Gasteiger partial charge on any atom is -0.0388 e. The summed E-state index contributed by atoms with van der Waals surface area (Å²) in [5.41, 5.74) is 0. The highest BCUT2D eigenvalue weighted by atomic mass is 14.3. The first kappa shape index (κ1) is 6.69. The van der Waals surface area contributed by atoms with E-state index in [1.165, 1.54) is 38.5 Å². The van der Waals surface area contributed by atoms with Gasteiger partial charge in [0.15, 0.2) is 0 Å². The van der Waals surface area contributed by atoms with Gasteiger partial charge in [-0.1, -0.05) is 32.6 Å². The molecule has 0 nitrogen and oxygen atoms in total. The minimum Gasteiger partial charge on any atom is -0.0622 e. The molecule has 0 heterocycles. The van der Waals surface area contributed by atoms with Crippen LogP contribution in [0, 0.1) is 17.8 Å². The van der Waals surface area contributed by atoms with E-state index in [1.54, 1.807) is 0 Å². The lowest BCUT2D eigenvalue weighted by atomic mass is 9.99. The second kappa shape index (κ2) is 2.56. The molecule has 1 unspecified atom stereocenters. The fourth-order valence-corrected chi connectivity index (χ4v) is 1.81. The second-order valence-corrected chi connectivity index (χ2v) is 4.34. The first-order chi connectivity index (χ1) is 4.86. The van der Waals surface area contributed by atoms with Crippen LogP contribution in [0.1, 0.15) is 45.4 Å². The highest BCUT2D eigenvalue weighted by Crippen LogP contribution is 2.41. The summed E-state index contributed by atoms with van der Waals surface area (Å²) in [6.07, 6.45) is 9.21. The molecule has 2 saturated carbocycles. The SMILES string of the molecule is CC(CCC1CC1)C1CC1. The van der Waals surface area contributed by atoms with Gasteiger partial charge in [-0.15, -0.1) is 0 Å². The Balaban J connectivity index is 1.58. The van der Waals surface area contributed by atoms with Crippen LogP contribution in [0.2, 0.25) is 0 Å². The molecule has 0 saturated heterocycles. The van der Waals surface area contributed by atoms with Crippen molar-refractivity contribution in [1.82, 2.24) is 0 Å². The molecule has 0 heteroatoms. The summed E-state index contributed by atoms with van der Waals surface area (Å²) in [4.78, 5) is 0. The summed E-state index contributed by atoms with van der Waals surface area (Å²) in [6.45, 7) is 2.44. The first-order valence-electron chi connectivity index (χ1n) is 4.86. The highest BCUT2D eigenvalue weighted by molar-refractivity contribution is 4.81. The molecule has 0 aromatic carbocycles. The molecule has 2 aliphatic carbocycles. The topological polar surface area (TPSA) is 0 Å². The van der Waals surface area contributed by atoms with E-state index in [-0.39, 0.29) is 0 Å². The monoisotopic (exact) mass is 138 g/mol. The van der Waals surface area contributed by atoms with Crippen LogP contribution in [0.3, 0.4) is 0 Å². The van der Waals surface area contributed by atoms with E-state index in [4.69, 9.17) is 0 Å². The van der Waals surface area contributed by atoms with E-state index in [1.807, 2.05) is 0 Å². The molecule has 0 aliphatic heterocycles. The minimum absolute atomic E-state index is 1.06. The quantitative estimate of drug-likeness (QED) is 0.559. The van der Waals surface area contributed by atoms with Gasteiger partial charge in [-0.2, -0.15) is 0 Å². The molecule has 1 atom stereocenters. The Morgan fingerprint density at radius 2 is 1.90 bits per heavy atom. The van der Waals surface area contributed by atoms with Gasteiger partial charge in [0.1, 0.15) is 0 Å². The van der Waals surface area contributed by atoms with Crippen LogP contribution >= 0.6 is 0 Å². The summed E-state index contributed by atoms with van der Waals surface area (Å²) >= 11 is 0. The molecule has 2 fully saturated rings. The van der Waals surface area contributed by atoms with Crippen molar-refractivity contribution in [3.63, 3.8) is 0 Å². The van der Waals surface area contributed by atoms with Crippen molar-refractivity contribution in [3.05, 3.63) is 0 Å². The molecule has 2 rings (SSSR count). The van der Waals surface area contributed by atoms with Crippen LogP contribution in [0.25, 0.3) is 0 Å². The van der Waals surface area contributed by atoms with Crippen LogP contribution < -0.4 is 0 Å². The van der Waals surface area contributed by atoms with Crippen LogP contribution in [0.5, 0.6) is 0 Å². The summed E-state index contributed by atoms with van der Waals surface area (Å²) in [7, 11) is 0. The fraction of sp³-hybridized carbons (Fsp3) is 1.00. The van der Waals surface area contributed by atoms with Crippen LogP contribution in [-0.4, -0.2) is 0 Å². The van der Waals surface area contributed by atoms with Gasteiger partial charge in [0.2, 0.25) is 0 Å². The van der Waals surface area contributed by atoms with E-state index in [2.05, 4.69) is 6.92 Å². The number of hydrogen-bond donors (Lipinski definition) is 0. The third-order valence-electron chi connectivity index (χ3n) is 3.15. The van der Waals surface area contributed by atoms with E-state index in [9.17, 15) is 0 Å². The van der Waals surface area contributed by atoms with Crippen molar-refractivity contribution in [2.24, 2.45) is 17.8 Å². The fourth-order valence-electron chi connectivity index (χ4n) is 1.81. The van der Waals surface area contributed by atoms with Crippen molar-refractivity contribution in [1.29, 1.82) is 0 Å². The van der Waals surface area contributed by atoms with Gasteiger partial charge in [-0.25, -0.2) is 0 Å². The third kappa shape index (κ3) is 1.74. The average molecular weight is 138 g/mol. The Bertz CT molecular complexity index is 109. The summed E-state index contributed by atoms with van der Waals surface area (Å²) in [6, 6.07) is 0. The Morgan fingerprint density at radius 1 is 1.20 bits per heavy atom. The van der Waals surface area contributed by atoms with E-state index in [0.717, 1.165) is 17.8 Å². The number of hydrogen-bond acceptors (Lipinski definition) is 0. The largest absolute Gasteiger partial charge is 0.0622 e. The molecule has 0 aromatic heterocycles. The molecule has 0 radical (unpaired) electrons. The molecule has 10 heavy (non-hydrogen) atoms. The van der Waals surface area contributed by atoms with Gasteiger partial charge >= 0.3 is 0 Å². The van der Waals surface area contributed by atoms with Crippen molar-refractivity contribution in [3.8, 4) is 0 Å². The van der Waals surface area contributed by atoms with Gasteiger partial charge in [-0.3, -0.25) is 0 Å². The van der Waals surface area contributed by atoms with Gasteiger partial charge in [0, 0.05) is 0 Å². The van der Waals surface area contributed by atoms with Gasteiger partial charge in [0.25, 0.3) is 0 Å². The van der Waals surface area contributed by atoms with Crippen molar-refractivity contribution in [2.45, 2.75) is 45.4 Å². The summed E-state index contributed by atoms with van der Waals surface area (Å²) in [5.74, 6) is 3.35. The Labute approximate surface area is 64.0 Å². The predicted octanol–water partition coefficient (Wildman–Crippen LogP) is 3.22. The molecular weight excluding hydrogens is 120 g/mol. The van der Waals surface area contributed by atoms with Crippen molar-refractivity contribution in [2.75, 3.05) is 0 Å². The van der Waals surface area contributed by atoms with Gasteiger partial charge in [-0.05, 0) is 30.6 Å². The molecule has 58 valence electrons. The normalized spacial score (nSPS) is 28.5. The average Bonchev–Trinajstić information content (AvgIpc) is 2.76. The zero-order valence-corrected chi connectivity index (χ0v) is 6.97. The molecule has 0 amide bonds. The number of rotatable bonds is 4. The van der Waals surface area contributed by atoms with Crippen molar-refractivity contribution >= 4 is 0 Å². The predicted molar refractivity (Wildman–Crippen MR) is 43.8 cm³/mol. The minimum atomic E-state index is 1.06. The smallest absolute Gasteiger partial charge is 0.0388 e. The Morgan fingerprint density at radius 3 is 2.40 bits per heavy atom. The maximum absolute atomic E-state index is 2.44. The highest BCUT2D eigenvalue weighted by Gasteiger charge is 2.29. The Kier molecular flexibility index (Phi) is 1.71. The lowest BCUT2D eigenvalue weighted by molar-refractivity contribution is 0.439. The van der Waals surface area contributed by atoms with Crippen molar-refractivity contribution < 1.29 is 0 Å². The summed E-state index contributed by atoms with van der Waals surface area (Å²) in [5, 5.41) is 0. The standard InChI is InChI=1S/C10H18/c1-8(10-6-7-10)2-3-9-4-5-9/h8-10H,2-7H2,1H3. The molecule has 0 N–H and O–H groups in total. The third-order valence-corrected chi connectivity index (χ3v) is 3.15. The zero-order chi connectivity index (χ0) is 6.97. The van der Waals surface area contributed by atoms with E-state index < -0.39 is 0 Å². The zero-order valence-electron chi connectivity index (χ0n) is 6.97.